The molecule has 194 valence electrons. The van der Waals surface area contributed by atoms with Crippen LogP contribution in [0.4, 0.5) is 5.69 Å². The SMILES string of the molecule is CC(=O)[C@@H](C(=O)On1c(O)c(-c2ccc(CN)cc2)[nH]c1=O)N(C(=O)[C@@H](N)CC(=O)O)c1ccccc1. The molecule has 0 bridgehead atoms. The Morgan fingerprint density at radius 1 is 1.08 bits per heavy atom. The van der Waals surface area contributed by atoms with Gasteiger partial charge in [-0.25, -0.2) is 9.59 Å². The van der Waals surface area contributed by atoms with Crippen LogP contribution in [-0.2, 0) is 25.7 Å². The van der Waals surface area contributed by atoms with E-state index in [9.17, 15) is 29.1 Å². The molecule has 1 aromatic heterocycles. The number of nitrogens with zero attached hydrogens (tertiary/aromatic N) is 2. The molecule has 0 aliphatic rings. The number of carboxylic acid groups (broad SMARTS) is 1. The van der Waals surface area contributed by atoms with Gasteiger partial charge in [-0.2, -0.15) is 0 Å². The van der Waals surface area contributed by atoms with Gasteiger partial charge < -0.3 is 26.5 Å². The Hall–Kier alpha value is -4.75. The van der Waals surface area contributed by atoms with Gasteiger partial charge in [0.25, 0.3) is 5.88 Å². The number of imidazole rings is 1. The molecule has 13 nitrogen and oxygen atoms in total. The van der Waals surface area contributed by atoms with E-state index in [1.807, 2.05) is 0 Å². The number of anilines is 1. The van der Waals surface area contributed by atoms with E-state index in [-0.39, 0.29) is 22.7 Å². The summed E-state index contributed by atoms with van der Waals surface area (Å²) in [6.45, 7) is 1.28. The Labute approximate surface area is 209 Å². The summed E-state index contributed by atoms with van der Waals surface area (Å²) < 4.78 is 0.245. The average Bonchev–Trinajstić information content (AvgIpc) is 3.14. The molecule has 3 rings (SSSR count). The molecule has 0 aliphatic heterocycles. The van der Waals surface area contributed by atoms with Crippen molar-refractivity contribution in [2.45, 2.75) is 32.0 Å². The number of carbonyl (C=O) groups excluding carboxylic acids is 3. The highest BCUT2D eigenvalue weighted by molar-refractivity contribution is 6.13. The molecule has 0 aliphatic carbocycles. The Balaban J connectivity index is 1.99. The predicted octanol–water partition coefficient (Wildman–Crippen LogP) is -0.244. The molecular weight excluding hydrogens is 486 g/mol. The second-order valence-electron chi connectivity index (χ2n) is 8.00. The number of rotatable bonds is 10. The Morgan fingerprint density at radius 3 is 2.24 bits per heavy atom. The fourth-order valence-corrected chi connectivity index (χ4v) is 3.54. The van der Waals surface area contributed by atoms with E-state index in [0.29, 0.717) is 10.5 Å². The van der Waals surface area contributed by atoms with Crippen molar-refractivity contribution in [3.8, 4) is 17.1 Å². The zero-order valence-electron chi connectivity index (χ0n) is 19.7. The summed E-state index contributed by atoms with van der Waals surface area (Å²) >= 11 is 0. The number of aromatic hydroxyl groups is 1. The van der Waals surface area contributed by atoms with Gasteiger partial charge in [-0.05, 0) is 24.6 Å². The molecular formula is C24H25N5O8. The largest absolute Gasteiger partial charge is 0.491 e. The summed E-state index contributed by atoms with van der Waals surface area (Å²) in [6.07, 6.45) is -0.772. The number of aromatic amines is 1. The van der Waals surface area contributed by atoms with Crippen LogP contribution < -0.4 is 26.9 Å². The van der Waals surface area contributed by atoms with Crippen molar-refractivity contribution >= 4 is 29.3 Å². The van der Waals surface area contributed by atoms with Crippen molar-refractivity contribution in [2.75, 3.05) is 4.90 Å². The highest BCUT2D eigenvalue weighted by Crippen LogP contribution is 2.26. The van der Waals surface area contributed by atoms with Crippen molar-refractivity contribution in [1.82, 2.24) is 9.71 Å². The fourth-order valence-electron chi connectivity index (χ4n) is 3.54. The quantitative estimate of drug-likeness (QED) is 0.225. The summed E-state index contributed by atoms with van der Waals surface area (Å²) in [5.41, 5.74) is 11.4. The summed E-state index contributed by atoms with van der Waals surface area (Å²) in [5, 5.41) is 19.6. The van der Waals surface area contributed by atoms with Gasteiger partial charge in [0.2, 0.25) is 5.91 Å². The lowest BCUT2D eigenvalue weighted by atomic mass is 10.1. The second kappa shape index (κ2) is 11.3. The first-order valence-corrected chi connectivity index (χ1v) is 11.0. The lowest BCUT2D eigenvalue weighted by Gasteiger charge is -2.30. The minimum absolute atomic E-state index is 0.0526. The molecule has 13 heteroatoms. The van der Waals surface area contributed by atoms with E-state index in [1.165, 1.54) is 24.3 Å². The lowest BCUT2D eigenvalue weighted by molar-refractivity contribution is -0.150. The minimum atomic E-state index is -1.96. The zero-order chi connectivity index (χ0) is 27.3. The van der Waals surface area contributed by atoms with Crippen molar-refractivity contribution in [2.24, 2.45) is 11.5 Å². The van der Waals surface area contributed by atoms with Crippen LogP contribution in [0.15, 0.2) is 59.4 Å². The number of aliphatic carboxylic acids is 1. The maximum atomic E-state index is 13.2. The van der Waals surface area contributed by atoms with Crippen molar-refractivity contribution < 1.29 is 34.2 Å². The first kappa shape index (κ1) is 26.8. The predicted molar refractivity (Wildman–Crippen MR) is 130 cm³/mol. The van der Waals surface area contributed by atoms with Crippen LogP contribution in [-0.4, -0.2) is 55.6 Å². The summed E-state index contributed by atoms with van der Waals surface area (Å²) in [6, 6.07) is 10.4. The van der Waals surface area contributed by atoms with Crippen molar-refractivity contribution in [1.29, 1.82) is 0 Å². The molecule has 0 saturated carbocycles. The molecule has 0 radical (unpaired) electrons. The van der Waals surface area contributed by atoms with Crippen LogP contribution in [0.2, 0.25) is 0 Å². The topological polar surface area (TPSA) is 211 Å². The number of hydrogen-bond acceptors (Lipinski definition) is 9. The van der Waals surface area contributed by atoms with Crippen LogP contribution in [0.5, 0.6) is 5.88 Å². The van der Waals surface area contributed by atoms with Gasteiger partial charge in [0.15, 0.2) is 11.8 Å². The highest BCUT2D eigenvalue weighted by Gasteiger charge is 2.39. The third-order valence-corrected chi connectivity index (χ3v) is 5.34. The number of H-pyrrole nitrogens is 1. The van der Waals surface area contributed by atoms with E-state index in [1.54, 1.807) is 30.3 Å². The maximum absolute atomic E-state index is 13.2. The molecule has 1 amide bonds. The number of para-hydroxylation sites is 1. The standard InChI is InChI=1S/C24H25N5O8/c1-13(30)20(28(16-5-3-2-4-6-16)21(33)17(26)11-18(31)32)23(35)37-29-22(34)19(27-24(29)36)15-9-7-14(12-25)8-10-15/h2-10,17,20,34H,11-12,25-26H2,1H3,(H,27,36)(H,31,32)/t17-,20-/m0/s1. The molecule has 2 aromatic carbocycles. The Kier molecular flexibility index (Phi) is 8.22. The molecule has 2 atom stereocenters. The third-order valence-electron chi connectivity index (χ3n) is 5.34. The summed E-state index contributed by atoms with van der Waals surface area (Å²) in [4.78, 5) is 70.5. The van der Waals surface area contributed by atoms with Crippen LogP contribution in [0.3, 0.4) is 0 Å². The number of aromatic nitrogens is 2. The van der Waals surface area contributed by atoms with Crippen LogP contribution in [0.1, 0.15) is 18.9 Å². The molecule has 1 heterocycles. The molecule has 0 saturated heterocycles. The van der Waals surface area contributed by atoms with E-state index in [2.05, 4.69) is 4.98 Å². The van der Waals surface area contributed by atoms with E-state index < -0.39 is 53.7 Å². The lowest BCUT2D eigenvalue weighted by Crippen LogP contribution is -2.57. The number of nitrogens with two attached hydrogens (primary N) is 2. The van der Waals surface area contributed by atoms with Gasteiger partial charge in [0.05, 0.1) is 12.5 Å². The minimum Gasteiger partial charge on any atom is -0.491 e. The Bertz CT molecular complexity index is 1360. The number of hydrogen-bond donors (Lipinski definition) is 5. The highest BCUT2D eigenvalue weighted by atomic mass is 16.7. The van der Waals surface area contributed by atoms with Gasteiger partial charge in [0, 0.05) is 17.8 Å². The van der Waals surface area contributed by atoms with Crippen molar-refractivity contribution in [3.63, 3.8) is 0 Å². The number of Topliss-reactive ketones (excluding diaryl/α,β-unsaturated/α-hetero) is 1. The average molecular weight is 511 g/mol. The van der Waals surface area contributed by atoms with Crippen LogP contribution >= 0.6 is 0 Å². The molecule has 0 unspecified atom stereocenters. The van der Waals surface area contributed by atoms with Gasteiger partial charge in [0.1, 0.15) is 5.69 Å². The number of ketones is 1. The van der Waals surface area contributed by atoms with E-state index >= 15 is 0 Å². The molecule has 7 N–H and O–H groups in total. The third kappa shape index (κ3) is 5.91. The number of carbonyl (C=O) groups is 4. The normalized spacial score (nSPS) is 12.4. The monoisotopic (exact) mass is 511 g/mol. The molecule has 0 fully saturated rings. The first-order chi connectivity index (χ1) is 17.5. The van der Waals surface area contributed by atoms with Gasteiger partial charge >= 0.3 is 17.6 Å². The molecule has 3 aromatic rings. The van der Waals surface area contributed by atoms with Gasteiger partial charge in [-0.1, -0.05) is 47.2 Å². The Morgan fingerprint density at radius 2 is 1.70 bits per heavy atom. The number of nitrogens with one attached hydrogen (secondary N) is 1. The van der Waals surface area contributed by atoms with Gasteiger partial charge in [-0.15, -0.1) is 0 Å². The first-order valence-electron chi connectivity index (χ1n) is 11.0. The fraction of sp³-hybridized carbons (Fsp3) is 0.208. The number of carboxylic acids is 1. The van der Waals surface area contributed by atoms with E-state index in [0.717, 1.165) is 12.5 Å². The summed E-state index contributed by atoms with van der Waals surface area (Å²) in [5.74, 6) is -5.44. The molecule has 0 spiro atoms. The summed E-state index contributed by atoms with van der Waals surface area (Å²) in [7, 11) is 0. The number of benzene rings is 2. The second-order valence-corrected chi connectivity index (χ2v) is 8.00. The van der Waals surface area contributed by atoms with Gasteiger partial charge in [-0.3, -0.25) is 24.3 Å². The smallest absolute Gasteiger partial charge is 0.363 e. The van der Waals surface area contributed by atoms with Crippen LogP contribution in [0, 0.1) is 0 Å². The van der Waals surface area contributed by atoms with E-state index in [4.69, 9.17) is 21.4 Å². The maximum Gasteiger partial charge on any atom is 0.363 e. The molecule has 37 heavy (non-hydrogen) atoms. The zero-order valence-corrected chi connectivity index (χ0v) is 19.7. The van der Waals surface area contributed by atoms with Crippen molar-refractivity contribution in [3.05, 3.63) is 70.6 Å². The number of amides is 1. The van der Waals surface area contributed by atoms with Crippen LogP contribution in [0.25, 0.3) is 11.3 Å².